The van der Waals surface area contributed by atoms with Gasteiger partial charge < -0.3 is 64.5 Å². The van der Waals surface area contributed by atoms with Crippen LogP contribution in [0.4, 0.5) is 0 Å². The summed E-state index contributed by atoms with van der Waals surface area (Å²) in [6.45, 7) is 45.0. The second-order valence-electron chi connectivity index (χ2n) is 28.2. The van der Waals surface area contributed by atoms with Gasteiger partial charge in [-0.25, -0.2) is 13.2 Å². The average Bonchev–Trinajstić information content (AvgIpc) is 1.56. The molecule has 3 heterocycles. The van der Waals surface area contributed by atoms with Crippen LogP contribution in [-0.2, 0) is 59.6 Å². The van der Waals surface area contributed by atoms with Crippen LogP contribution in [0.2, 0.25) is 0 Å². The van der Waals surface area contributed by atoms with Crippen molar-refractivity contribution in [1.29, 1.82) is 0 Å². The number of ether oxygens (including phenoxy) is 5. The molecule has 708 valence electrons. The Morgan fingerprint density at radius 2 is 0.603 bits per heavy atom. The van der Waals surface area contributed by atoms with E-state index in [1.165, 1.54) is 86.7 Å². The van der Waals surface area contributed by atoms with Crippen LogP contribution in [0.1, 0.15) is 242 Å². The zero-order chi connectivity index (χ0) is 98.7. The maximum absolute atomic E-state index is 12.8. The van der Waals surface area contributed by atoms with Gasteiger partial charge >= 0.3 is 5.97 Å². The number of rotatable bonds is 12. The smallest absolute Gasteiger partial charge is 0.340 e. The van der Waals surface area contributed by atoms with Crippen LogP contribution < -0.4 is 9.47 Å². The van der Waals surface area contributed by atoms with E-state index in [0.29, 0.717) is 72.3 Å². The second-order valence-corrected chi connectivity index (χ2v) is 31.2. The van der Waals surface area contributed by atoms with Gasteiger partial charge in [0.15, 0.2) is 30.4 Å². The fourth-order valence-corrected chi connectivity index (χ4v) is 15.8. The molecule has 0 fully saturated rings. The van der Waals surface area contributed by atoms with E-state index >= 15 is 0 Å². The van der Waals surface area contributed by atoms with Crippen LogP contribution in [0.25, 0.3) is 21.5 Å². The number of aryl methyl sites for hydroxylation is 2. The van der Waals surface area contributed by atoms with Gasteiger partial charge in [0, 0.05) is 64.3 Å². The third-order valence-corrected chi connectivity index (χ3v) is 20.7. The van der Waals surface area contributed by atoms with Crippen LogP contribution in [0.15, 0.2) is 289 Å². The number of benzene rings is 13. The monoisotopic (exact) mass is 1830 g/mol. The van der Waals surface area contributed by atoms with E-state index in [1.807, 2.05) is 160 Å². The summed E-state index contributed by atoms with van der Waals surface area (Å²) in [7, 11) is -4.80. The zero-order valence-electron chi connectivity index (χ0n) is 80.8. The van der Waals surface area contributed by atoms with Gasteiger partial charge in [0.1, 0.15) is 67.3 Å². The highest BCUT2D eigenvalue weighted by Gasteiger charge is 2.53. The lowest BCUT2D eigenvalue weighted by Gasteiger charge is -2.30. The van der Waals surface area contributed by atoms with Gasteiger partial charge in [-0.05, 0) is 162 Å². The van der Waals surface area contributed by atoms with E-state index in [1.54, 1.807) is 162 Å². The fraction of sp³-hybridized carbons (Fsp3) is 0.312. The number of phenolic OH excluding ortho intramolecular Hbond substituents is 8. The van der Waals surface area contributed by atoms with Gasteiger partial charge in [0.2, 0.25) is 0 Å². The molecule has 131 heavy (non-hydrogen) atoms. The normalized spacial score (nSPS) is 12.8. The topological polar surface area (TPSA) is 312 Å². The number of esters is 1. The summed E-state index contributed by atoms with van der Waals surface area (Å²) in [6.07, 6.45) is 6.25. The van der Waals surface area contributed by atoms with Crippen molar-refractivity contribution in [1.82, 2.24) is 0 Å². The molecule has 13 aromatic carbocycles. The number of carbonyl (C=O) groups excluding carboxylic acids is 1. The molecule has 22 heteroatoms. The summed E-state index contributed by atoms with van der Waals surface area (Å²) in [5, 5.41) is 79.3. The lowest BCUT2D eigenvalue weighted by atomic mass is 9.79. The Kier molecular flexibility index (Phi) is 51.6. The first kappa shape index (κ1) is 115. The first-order chi connectivity index (χ1) is 63.0. The highest BCUT2D eigenvalue weighted by atomic mass is 32.2. The van der Waals surface area contributed by atoms with Crippen molar-refractivity contribution in [2.45, 2.75) is 211 Å². The molecular weight excluding hydrogens is 1690 g/mol. The Hall–Kier alpha value is -12.4. The van der Waals surface area contributed by atoms with Crippen molar-refractivity contribution in [3.05, 3.63) is 346 Å². The predicted octanol–water partition coefficient (Wildman–Crippen LogP) is 27.7. The number of phenols is 8. The Morgan fingerprint density at radius 1 is 0.298 bits per heavy atom. The molecule has 0 bridgehead atoms. The van der Waals surface area contributed by atoms with Gasteiger partial charge in [-0.3, -0.25) is 0 Å². The van der Waals surface area contributed by atoms with E-state index in [9.17, 15) is 57.4 Å². The third kappa shape index (κ3) is 30.1. The Labute approximate surface area is 779 Å². The molecule has 0 amide bonds. The molecule has 3 aliphatic rings. The van der Waals surface area contributed by atoms with Crippen LogP contribution in [0, 0.1) is 13.8 Å². The number of fused-ring (bicyclic) bond motifs is 5. The third-order valence-electron chi connectivity index (χ3n) is 18.0. The van der Waals surface area contributed by atoms with E-state index in [-0.39, 0.29) is 75.3 Å². The maximum atomic E-state index is 12.8. The largest absolute Gasteiger partial charge is 0.508 e. The van der Waals surface area contributed by atoms with Crippen LogP contribution in [0.5, 0.6) is 57.5 Å². The SMILES string of the molecule is CC.CC.CC.CC.CC.CCC.CCC.CCC.CCC.CCC.COCOc1ccc(C2(c3ccc(OCOC)cc3)OC(=O)c3ccccc32)cc1.Cc1cc(C2(c3ccc(O)c(C)c3)OS(=O)(=O)c3ccccc32)ccc1O.O=S1(=O)OC(c2ccc(O)cc2)(c2ccc(O)cc2)c2ccccc21.Oc1cc(O)c2ccccc2c1.Oc1cccc2c(O)cccc12. The van der Waals surface area contributed by atoms with Crippen molar-refractivity contribution >= 4 is 47.8 Å². The lowest BCUT2D eigenvalue weighted by Crippen LogP contribution is -2.29. The van der Waals surface area contributed by atoms with Gasteiger partial charge in [-0.1, -0.05) is 334 Å². The van der Waals surface area contributed by atoms with E-state index in [0.717, 1.165) is 27.5 Å². The molecule has 0 unspecified atom stereocenters. The number of cyclic esters (lactones) is 1. The van der Waals surface area contributed by atoms with Crippen LogP contribution >= 0.6 is 0 Å². The minimum absolute atomic E-state index is 0.0683. The zero-order valence-corrected chi connectivity index (χ0v) is 82.4. The van der Waals surface area contributed by atoms with E-state index < -0.39 is 37.0 Å². The lowest BCUT2D eigenvalue weighted by molar-refractivity contribution is 0.0250. The number of hydrogen-bond donors (Lipinski definition) is 8. The quantitative estimate of drug-likeness (QED) is 0.0320. The molecule has 20 nitrogen and oxygen atoms in total. The molecule has 16 rings (SSSR count). The summed E-state index contributed by atoms with van der Waals surface area (Å²) in [4.78, 5) is 13.0. The molecular formula is C109H140O20S2. The van der Waals surface area contributed by atoms with Gasteiger partial charge in [-0.15, -0.1) is 0 Å². The minimum Gasteiger partial charge on any atom is -0.508 e. The highest BCUT2D eigenvalue weighted by Crippen LogP contribution is 2.54. The van der Waals surface area contributed by atoms with Crippen molar-refractivity contribution < 1.29 is 94.5 Å². The van der Waals surface area contributed by atoms with E-state index in [2.05, 4.69) is 69.2 Å². The van der Waals surface area contributed by atoms with Crippen molar-refractivity contribution in [2.24, 2.45) is 0 Å². The molecule has 8 N–H and O–H groups in total. The number of aromatic hydroxyl groups is 8. The van der Waals surface area contributed by atoms with Crippen molar-refractivity contribution in [3.63, 3.8) is 0 Å². The molecule has 0 spiro atoms. The Bertz CT molecular complexity index is 5520. The van der Waals surface area contributed by atoms with Gasteiger partial charge in [-0.2, -0.15) is 16.8 Å². The molecule has 0 radical (unpaired) electrons. The Balaban J connectivity index is 0.000000534. The second kappa shape index (κ2) is 59.0. The molecule has 0 aliphatic carbocycles. The molecule has 0 atom stereocenters. The number of hydrogen-bond acceptors (Lipinski definition) is 20. The fourth-order valence-electron chi connectivity index (χ4n) is 12.9. The summed E-state index contributed by atoms with van der Waals surface area (Å²) >= 11 is 0. The maximum Gasteiger partial charge on any atom is 0.340 e. The van der Waals surface area contributed by atoms with Crippen molar-refractivity contribution in [2.75, 3.05) is 27.8 Å². The van der Waals surface area contributed by atoms with Gasteiger partial charge in [0.25, 0.3) is 20.2 Å². The first-order valence-corrected chi connectivity index (χ1v) is 47.7. The number of methoxy groups -OCH3 is 2. The van der Waals surface area contributed by atoms with Crippen LogP contribution in [-0.4, -0.2) is 91.5 Å². The van der Waals surface area contributed by atoms with Gasteiger partial charge in [0.05, 0.1) is 5.56 Å². The minimum atomic E-state index is -3.98. The highest BCUT2D eigenvalue weighted by molar-refractivity contribution is 7.87. The summed E-state index contributed by atoms with van der Waals surface area (Å²) in [5.74, 6) is 1.94. The average molecular weight is 1830 g/mol. The predicted molar refractivity (Wildman–Crippen MR) is 532 cm³/mol. The Morgan fingerprint density at radius 3 is 0.969 bits per heavy atom. The van der Waals surface area contributed by atoms with E-state index in [4.69, 9.17) is 37.2 Å². The standard InChI is InChI=1S/C24H22O6.C21H18O5S.C19H14O5S.2C10H8O2.5C3H8.5C2H6/c1-26-15-28-19-11-7-17(8-12-19)24(18-9-13-20(14-10-18)29-16-27-2)22-6-4-3-5-21(22)23(25)30-24;1-13-11-15(7-9-18(13)22)21(16-8-10-19(23)14(2)12-16)17-5-3-4-6-20(17)27(24,25)26-21;20-15-9-5-13(6-10-15)19(14-7-11-16(21)12-8-14)17-3-1-2-4-18(17)25(22,23)24-19;11-9-5-1-3-7-8(9)4-2-6-10(7)12;11-8-5-7-3-1-2-4-9(7)10(12)6-8;5*1-3-2;5*1-2/h3-14H,15-16H2,1-2H3;3-12,22-23H,1-2H3;1-12,20-21H;2*1-6,11-12H;5*3H2,1-2H3;5*1-2H3. The molecule has 0 aromatic heterocycles. The van der Waals surface area contributed by atoms with Crippen LogP contribution in [0.3, 0.4) is 0 Å². The molecule has 0 saturated carbocycles. The molecule has 13 aromatic rings. The molecule has 0 saturated heterocycles. The molecule has 3 aliphatic heterocycles. The number of carbonyl (C=O) groups is 1. The summed E-state index contributed by atoms with van der Waals surface area (Å²) < 4.78 is 89.3. The first-order valence-electron chi connectivity index (χ1n) is 44.9. The van der Waals surface area contributed by atoms with Crippen molar-refractivity contribution in [3.8, 4) is 57.5 Å². The summed E-state index contributed by atoms with van der Waals surface area (Å²) in [5.41, 5.74) is 3.63. The summed E-state index contributed by atoms with van der Waals surface area (Å²) in [6, 6.07) is 78.3.